The lowest BCUT2D eigenvalue weighted by molar-refractivity contribution is 0.0814. The van der Waals surface area contributed by atoms with Gasteiger partial charge in [-0.05, 0) is 18.2 Å². The van der Waals surface area contributed by atoms with Crippen LogP contribution < -0.4 is 10.5 Å². The third-order valence-electron chi connectivity index (χ3n) is 1.49. The first kappa shape index (κ1) is 9.92. The van der Waals surface area contributed by atoms with E-state index in [0.717, 1.165) is 0 Å². The molecule has 0 saturated heterocycles. The number of halogens is 2. The quantitative estimate of drug-likeness (QED) is 0.774. The zero-order valence-electron chi connectivity index (χ0n) is 6.97. The fraction of sp³-hybridized carbons (Fsp3) is 0.333. The van der Waals surface area contributed by atoms with E-state index < -0.39 is 13.0 Å². The predicted octanol–water partition coefficient (Wildman–Crippen LogP) is 1.59. The molecule has 1 rings (SSSR count). The molecule has 0 unspecified atom stereocenters. The number of alkyl halides is 2. The van der Waals surface area contributed by atoms with Crippen molar-refractivity contribution in [3.8, 4) is 5.75 Å². The van der Waals surface area contributed by atoms with Crippen molar-refractivity contribution in [2.24, 2.45) is 5.73 Å². The first-order chi connectivity index (χ1) is 6.24. The van der Waals surface area contributed by atoms with Gasteiger partial charge in [-0.1, -0.05) is 6.07 Å². The second-order valence-electron chi connectivity index (χ2n) is 2.44. The highest BCUT2D eigenvalue weighted by atomic mass is 19.3. The molecule has 71 valence electrons. The number of benzene rings is 1. The molecule has 2 N–H and O–H groups in total. The monoisotopic (exact) mass is 186 g/mol. The number of rotatable bonds is 4. The van der Waals surface area contributed by atoms with Gasteiger partial charge in [0.25, 0.3) is 6.43 Å². The summed E-state index contributed by atoms with van der Waals surface area (Å²) in [5.74, 6) is 0.404. The molecule has 0 aromatic heterocycles. The summed E-state index contributed by atoms with van der Waals surface area (Å²) in [7, 11) is 0. The Morgan fingerprint density at radius 1 is 1.54 bits per heavy atom. The van der Waals surface area contributed by atoms with Gasteiger partial charge in [0.1, 0.15) is 12.4 Å². The van der Waals surface area contributed by atoms with Gasteiger partial charge >= 0.3 is 0 Å². The van der Waals surface area contributed by atoms with E-state index in [1.165, 1.54) is 0 Å². The van der Waals surface area contributed by atoms with Gasteiger partial charge in [-0.3, -0.25) is 0 Å². The molecule has 0 amide bonds. The first-order valence-corrected chi connectivity index (χ1v) is 3.84. The minimum Gasteiger partial charge on any atom is -0.487 e. The fourth-order valence-electron chi connectivity index (χ4n) is 0.904. The van der Waals surface area contributed by atoms with Gasteiger partial charge in [0.05, 0.1) is 0 Å². The summed E-state index contributed by atoms with van der Waals surface area (Å²) in [5, 5.41) is 0. The summed E-state index contributed by atoms with van der Waals surface area (Å²) in [6.45, 7) is -0.340. The van der Waals surface area contributed by atoms with Crippen LogP contribution in [0.25, 0.3) is 0 Å². The Balaban J connectivity index is 2.64. The van der Waals surface area contributed by atoms with Crippen molar-refractivity contribution >= 4 is 0 Å². The van der Waals surface area contributed by atoms with Crippen LogP contribution in [0.1, 0.15) is 5.56 Å². The van der Waals surface area contributed by atoms with Crippen LogP contribution in [0.15, 0.2) is 18.2 Å². The zero-order chi connectivity index (χ0) is 9.68. The normalized spacial score (nSPS) is 10.5. The van der Waals surface area contributed by atoms with Gasteiger partial charge in [-0.25, -0.2) is 8.78 Å². The van der Waals surface area contributed by atoms with Crippen LogP contribution in [0.3, 0.4) is 0 Å². The van der Waals surface area contributed by atoms with Gasteiger partial charge in [0.2, 0.25) is 0 Å². The van der Waals surface area contributed by atoms with Crippen LogP contribution in [0.4, 0.5) is 8.78 Å². The molecule has 0 heterocycles. The molecule has 0 fully saturated rings. The molecule has 1 aromatic rings. The molecule has 2 nitrogen and oxygen atoms in total. The van der Waals surface area contributed by atoms with Gasteiger partial charge in [0, 0.05) is 12.1 Å². The Morgan fingerprint density at radius 2 is 2.31 bits per heavy atom. The highest BCUT2D eigenvalue weighted by molar-refractivity contribution is 5.32. The maximum atomic E-state index is 11.8. The molecule has 0 aliphatic carbocycles. The first-order valence-electron chi connectivity index (χ1n) is 3.84. The van der Waals surface area contributed by atoms with Crippen molar-refractivity contribution < 1.29 is 13.5 Å². The number of ether oxygens (including phenoxy) is 1. The lowest BCUT2D eigenvalue weighted by atomic mass is 10.2. The maximum Gasteiger partial charge on any atom is 0.272 e. The molecule has 4 heteroatoms. The number of hydrogen-bond donors (Lipinski definition) is 1. The molecule has 0 spiro atoms. The molecular formula is C9H10F2NO. The molecule has 0 atom stereocenters. The molecule has 0 saturated carbocycles. The lowest BCUT2D eigenvalue weighted by Crippen LogP contribution is -2.09. The summed E-state index contributed by atoms with van der Waals surface area (Å²) in [5.41, 5.74) is 6.05. The summed E-state index contributed by atoms with van der Waals surface area (Å²) in [4.78, 5) is 0. The Labute approximate surface area is 75.3 Å². The van der Waals surface area contributed by atoms with Gasteiger partial charge < -0.3 is 10.5 Å². The summed E-state index contributed by atoms with van der Waals surface area (Å²) >= 11 is 0. The second kappa shape index (κ2) is 4.77. The van der Waals surface area contributed by atoms with Gasteiger partial charge in [0.15, 0.2) is 0 Å². The van der Waals surface area contributed by atoms with Crippen molar-refractivity contribution in [3.63, 3.8) is 0 Å². The van der Waals surface area contributed by atoms with E-state index in [-0.39, 0.29) is 6.54 Å². The fourth-order valence-corrected chi connectivity index (χ4v) is 0.904. The topological polar surface area (TPSA) is 35.2 Å². The SMILES string of the molecule is NCc1c[c]ccc1OCC(F)F. The van der Waals surface area contributed by atoms with Crippen LogP contribution in [-0.4, -0.2) is 13.0 Å². The number of hydrogen-bond acceptors (Lipinski definition) is 2. The third-order valence-corrected chi connectivity index (χ3v) is 1.49. The summed E-state index contributed by atoms with van der Waals surface area (Å²) in [6, 6.07) is 7.59. The molecule has 1 radical (unpaired) electrons. The smallest absolute Gasteiger partial charge is 0.272 e. The minimum atomic E-state index is -2.46. The average Bonchev–Trinajstić information content (AvgIpc) is 2.15. The molecule has 0 bridgehead atoms. The third kappa shape index (κ3) is 2.99. The van der Waals surface area contributed by atoms with Crippen LogP contribution in [0.2, 0.25) is 0 Å². The van der Waals surface area contributed by atoms with Crippen LogP contribution in [0, 0.1) is 6.07 Å². The lowest BCUT2D eigenvalue weighted by Gasteiger charge is -2.08. The van der Waals surface area contributed by atoms with Crippen molar-refractivity contribution in [1.29, 1.82) is 0 Å². The largest absolute Gasteiger partial charge is 0.487 e. The van der Waals surface area contributed by atoms with Crippen molar-refractivity contribution in [3.05, 3.63) is 29.8 Å². The maximum absolute atomic E-state index is 11.8. The number of nitrogens with two attached hydrogens (primary N) is 1. The van der Waals surface area contributed by atoms with E-state index in [9.17, 15) is 8.78 Å². The Morgan fingerprint density at radius 3 is 2.92 bits per heavy atom. The molecule has 0 aliphatic heterocycles. The van der Waals surface area contributed by atoms with E-state index in [4.69, 9.17) is 10.5 Å². The average molecular weight is 186 g/mol. The minimum absolute atomic E-state index is 0.260. The molecule has 13 heavy (non-hydrogen) atoms. The van der Waals surface area contributed by atoms with Gasteiger partial charge in [-0.2, -0.15) is 0 Å². The van der Waals surface area contributed by atoms with E-state index in [0.29, 0.717) is 11.3 Å². The summed E-state index contributed by atoms with van der Waals surface area (Å²) in [6.07, 6.45) is -2.46. The van der Waals surface area contributed by atoms with Gasteiger partial charge in [-0.15, -0.1) is 0 Å². The van der Waals surface area contributed by atoms with E-state index in [2.05, 4.69) is 6.07 Å². The van der Waals surface area contributed by atoms with E-state index >= 15 is 0 Å². The standard InChI is InChI=1S/C9H10F2NO/c10-9(11)6-13-8-4-2-1-3-7(8)5-12/h2-4,9H,5-6,12H2. The predicted molar refractivity (Wildman–Crippen MR) is 44.7 cm³/mol. The zero-order valence-corrected chi connectivity index (χ0v) is 6.97. The van der Waals surface area contributed by atoms with E-state index in [1.54, 1.807) is 18.2 Å². The van der Waals surface area contributed by atoms with Crippen LogP contribution >= 0.6 is 0 Å². The molecule has 0 aliphatic rings. The van der Waals surface area contributed by atoms with Crippen molar-refractivity contribution in [2.75, 3.05) is 6.61 Å². The molecule has 1 aromatic carbocycles. The van der Waals surface area contributed by atoms with Crippen LogP contribution in [0.5, 0.6) is 5.75 Å². The van der Waals surface area contributed by atoms with Crippen LogP contribution in [-0.2, 0) is 6.54 Å². The summed E-state index contributed by atoms with van der Waals surface area (Å²) < 4.78 is 28.4. The second-order valence-corrected chi connectivity index (χ2v) is 2.44. The Bertz CT molecular complexity index is 266. The van der Waals surface area contributed by atoms with E-state index in [1.807, 2.05) is 0 Å². The van der Waals surface area contributed by atoms with Crippen molar-refractivity contribution in [2.45, 2.75) is 13.0 Å². The Kier molecular flexibility index (Phi) is 3.64. The highest BCUT2D eigenvalue weighted by Crippen LogP contribution is 2.17. The molecular weight excluding hydrogens is 176 g/mol. The van der Waals surface area contributed by atoms with Crippen molar-refractivity contribution in [1.82, 2.24) is 0 Å². The Hall–Kier alpha value is -1.16. The highest BCUT2D eigenvalue weighted by Gasteiger charge is 2.05.